The molecule has 148 valence electrons. The fourth-order valence-electron chi connectivity index (χ4n) is 3.32. The van der Waals surface area contributed by atoms with Crippen LogP contribution < -0.4 is 0 Å². The first-order valence-electron chi connectivity index (χ1n) is 9.23. The molecule has 1 aliphatic carbocycles. The van der Waals surface area contributed by atoms with Crippen LogP contribution in [0.3, 0.4) is 0 Å². The molecule has 0 bridgehead atoms. The van der Waals surface area contributed by atoms with Gasteiger partial charge in [0, 0.05) is 40.5 Å². The van der Waals surface area contributed by atoms with Crippen LogP contribution in [0.25, 0.3) is 5.57 Å². The first-order chi connectivity index (χ1) is 13.6. The first kappa shape index (κ1) is 20.5. The number of rotatable bonds is 9. The van der Waals surface area contributed by atoms with Gasteiger partial charge in [-0.25, -0.2) is 0 Å². The average Bonchev–Trinajstić information content (AvgIpc) is 3.05. The third kappa shape index (κ3) is 5.16. The van der Waals surface area contributed by atoms with Crippen LogP contribution in [-0.2, 0) is 22.1 Å². The minimum absolute atomic E-state index is 0.0240. The van der Waals surface area contributed by atoms with E-state index in [1.807, 2.05) is 30.3 Å². The number of allylic oxidation sites excluding steroid dienone is 2. The topological polar surface area (TPSA) is 79.1 Å². The van der Waals surface area contributed by atoms with Gasteiger partial charge in [0.05, 0.1) is 6.61 Å². The second-order valence-electron chi connectivity index (χ2n) is 6.81. The van der Waals surface area contributed by atoms with Crippen molar-refractivity contribution in [1.82, 2.24) is 0 Å². The van der Waals surface area contributed by atoms with Crippen LogP contribution in [0.2, 0.25) is 0 Å². The van der Waals surface area contributed by atoms with Crippen LogP contribution in [0, 0.1) is 0 Å². The van der Waals surface area contributed by atoms with E-state index in [1.165, 1.54) is 22.3 Å². The van der Waals surface area contributed by atoms with Crippen LogP contribution in [-0.4, -0.2) is 46.2 Å². The van der Waals surface area contributed by atoms with Crippen LogP contribution in [0.1, 0.15) is 29.0 Å². The number of hydrogen-bond donors (Lipinski definition) is 2. The molecule has 0 fully saturated rings. The Morgan fingerprint density at radius 2 is 1.96 bits per heavy atom. The van der Waals surface area contributed by atoms with E-state index in [1.54, 1.807) is 12.5 Å². The lowest BCUT2D eigenvalue weighted by atomic mass is 9.94. The van der Waals surface area contributed by atoms with Crippen molar-refractivity contribution in [1.29, 1.82) is 0 Å². The summed E-state index contributed by atoms with van der Waals surface area (Å²) in [7, 11) is -0.960. The standard InChI is InChI=1S/C22H25NO4S/c1-28(26)20-8-6-16(7-9-20)12-18-13-17(21-4-2-3-5-22(18)21)10-11-23-27-15-19(25)14-24/h2-9,11,13,18-19,24-25H,10,12,14-15H2,1H3. The summed E-state index contributed by atoms with van der Waals surface area (Å²) in [5.74, 6) is 0.287. The molecular weight excluding hydrogens is 374 g/mol. The highest BCUT2D eigenvalue weighted by atomic mass is 32.2. The first-order valence-corrected chi connectivity index (χ1v) is 10.8. The molecular formula is C22H25NO4S. The summed E-state index contributed by atoms with van der Waals surface area (Å²) in [6, 6.07) is 16.3. The molecule has 1 aliphatic rings. The smallest absolute Gasteiger partial charge is 0.145 e. The zero-order valence-electron chi connectivity index (χ0n) is 15.8. The number of fused-ring (bicyclic) bond motifs is 1. The van der Waals surface area contributed by atoms with Gasteiger partial charge in [-0.2, -0.15) is 0 Å². The van der Waals surface area contributed by atoms with Crippen molar-refractivity contribution in [3.63, 3.8) is 0 Å². The Kier molecular flexibility index (Phi) is 7.14. The van der Waals surface area contributed by atoms with E-state index < -0.39 is 16.9 Å². The maximum atomic E-state index is 11.6. The number of oxime groups is 1. The summed E-state index contributed by atoms with van der Waals surface area (Å²) >= 11 is 0. The minimum Gasteiger partial charge on any atom is -0.394 e. The van der Waals surface area contributed by atoms with E-state index in [2.05, 4.69) is 29.4 Å². The van der Waals surface area contributed by atoms with Gasteiger partial charge in [-0.3, -0.25) is 4.21 Å². The van der Waals surface area contributed by atoms with Crippen LogP contribution in [0.15, 0.2) is 64.7 Å². The summed E-state index contributed by atoms with van der Waals surface area (Å²) in [6.45, 7) is -0.366. The molecule has 2 aromatic carbocycles. The van der Waals surface area contributed by atoms with E-state index in [4.69, 9.17) is 9.94 Å². The highest BCUT2D eigenvalue weighted by molar-refractivity contribution is 7.84. The van der Waals surface area contributed by atoms with Gasteiger partial charge < -0.3 is 15.1 Å². The Morgan fingerprint density at radius 1 is 1.21 bits per heavy atom. The van der Waals surface area contributed by atoms with Gasteiger partial charge in [0.25, 0.3) is 0 Å². The van der Waals surface area contributed by atoms with Crippen molar-refractivity contribution in [2.75, 3.05) is 19.5 Å². The number of hydrogen-bond acceptors (Lipinski definition) is 5. The fraction of sp³-hybridized carbons (Fsp3) is 0.318. The lowest BCUT2D eigenvalue weighted by Crippen LogP contribution is -2.17. The van der Waals surface area contributed by atoms with Gasteiger partial charge >= 0.3 is 0 Å². The molecule has 3 rings (SSSR count). The summed E-state index contributed by atoms with van der Waals surface area (Å²) in [5, 5.41) is 21.9. The second kappa shape index (κ2) is 9.78. The summed E-state index contributed by atoms with van der Waals surface area (Å²) in [4.78, 5) is 5.84. The largest absolute Gasteiger partial charge is 0.394 e. The third-order valence-corrected chi connectivity index (χ3v) is 5.69. The number of aliphatic hydroxyl groups is 2. The molecule has 0 saturated heterocycles. The van der Waals surface area contributed by atoms with Crippen molar-refractivity contribution in [2.45, 2.75) is 29.8 Å². The minimum atomic E-state index is -0.960. The Labute approximate surface area is 167 Å². The molecule has 0 saturated carbocycles. The van der Waals surface area contributed by atoms with Crippen molar-refractivity contribution in [3.8, 4) is 0 Å². The molecule has 2 N–H and O–H groups in total. The maximum Gasteiger partial charge on any atom is 0.145 e. The quantitative estimate of drug-likeness (QED) is 0.502. The molecule has 0 aromatic heterocycles. The Morgan fingerprint density at radius 3 is 2.68 bits per heavy atom. The van der Waals surface area contributed by atoms with Gasteiger partial charge in [0.1, 0.15) is 12.7 Å². The zero-order chi connectivity index (χ0) is 19.9. The normalized spacial score (nSPS) is 18.0. The molecule has 0 amide bonds. The highest BCUT2D eigenvalue weighted by Crippen LogP contribution is 2.39. The lowest BCUT2D eigenvalue weighted by Gasteiger charge is -2.11. The van der Waals surface area contributed by atoms with Gasteiger partial charge in [-0.05, 0) is 40.8 Å². The fourth-order valence-corrected chi connectivity index (χ4v) is 3.84. The number of benzene rings is 2. The molecule has 3 atom stereocenters. The van der Waals surface area contributed by atoms with E-state index in [0.717, 1.165) is 11.3 Å². The van der Waals surface area contributed by atoms with E-state index in [-0.39, 0.29) is 19.1 Å². The summed E-state index contributed by atoms with van der Waals surface area (Å²) in [5.41, 5.74) is 4.93. The molecule has 5 nitrogen and oxygen atoms in total. The summed E-state index contributed by atoms with van der Waals surface area (Å²) in [6.07, 6.45) is 6.24. The predicted octanol–water partition coefficient (Wildman–Crippen LogP) is 2.89. The van der Waals surface area contributed by atoms with Gasteiger partial charge in [0.15, 0.2) is 0 Å². The second-order valence-corrected chi connectivity index (χ2v) is 8.19. The average molecular weight is 400 g/mol. The molecule has 0 spiro atoms. The molecule has 3 unspecified atom stereocenters. The number of nitrogens with zero attached hydrogens (tertiary/aromatic N) is 1. The zero-order valence-corrected chi connectivity index (χ0v) is 16.6. The Balaban J connectivity index is 1.68. The van der Waals surface area contributed by atoms with Crippen molar-refractivity contribution >= 4 is 22.6 Å². The number of aliphatic hydroxyl groups excluding tert-OH is 2. The third-order valence-electron chi connectivity index (χ3n) is 4.76. The molecule has 28 heavy (non-hydrogen) atoms. The Hall–Kier alpha value is -2.28. The van der Waals surface area contributed by atoms with Crippen molar-refractivity contribution in [2.24, 2.45) is 5.16 Å². The molecule has 6 heteroatoms. The lowest BCUT2D eigenvalue weighted by molar-refractivity contribution is 0.00869. The van der Waals surface area contributed by atoms with Gasteiger partial charge in [-0.15, -0.1) is 0 Å². The van der Waals surface area contributed by atoms with E-state index >= 15 is 0 Å². The summed E-state index contributed by atoms with van der Waals surface area (Å²) < 4.78 is 11.6. The van der Waals surface area contributed by atoms with E-state index in [0.29, 0.717) is 6.42 Å². The van der Waals surface area contributed by atoms with Gasteiger partial charge in [-0.1, -0.05) is 47.6 Å². The van der Waals surface area contributed by atoms with Crippen LogP contribution in [0.5, 0.6) is 0 Å². The monoisotopic (exact) mass is 399 g/mol. The molecule has 0 radical (unpaired) electrons. The van der Waals surface area contributed by atoms with E-state index in [9.17, 15) is 9.32 Å². The molecule has 0 aliphatic heterocycles. The van der Waals surface area contributed by atoms with Crippen LogP contribution >= 0.6 is 0 Å². The SMILES string of the molecule is CS(=O)c1ccc(CC2C=C(CC=NOCC(O)CO)c3ccccc32)cc1. The van der Waals surface area contributed by atoms with Crippen molar-refractivity contribution in [3.05, 3.63) is 71.3 Å². The molecule has 0 heterocycles. The highest BCUT2D eigenvalue weighted by Gasteiger charge is 2.22. The Bertz CT molecular complexity index is 876. The molecule has 2 aromatic rings. The maximum absolute atomic E-state index is 11.6. The predicted molar refractivity (Wildman–Crippen MR) is 112 cm³/mol. The van der Waals surface area contributed by atoms with Crippen molar-refractivity contribution < 1.29 is 19.3 Å². The van der Waals surface area contributed by atoms with Crippen LogP contribution in [0.4, 0.5) is 0 Å². The van der Waals surface area contributed by atoms with Gasteiger partial charge in [0.2, 0.25) is 0 Å².